The number of nitrogens with one attached hydrogen (secondary N) is 2. The Hall–Kier alpha value is -3.06. The summed E-state index contributed by atoms with van der Waals surface area (Å²) in [4.78, 5) is 26.4. The molecule has 1 fully saturated rings. The van der Waals surface area contributed by atoms with Crippen LogP contribution < -0.4 is 15.5 Å². The minimum absolute atomic E-state index is 0.173. The molecular formula is C21H25N3O4. The summed E-state index contributed by atoms with van der Waals surface area (Å²) in [5.74, 6) is -0.652. The van der Waals surface area contributed by atoms with Crippen LogP contribution in [0.5, 0.6) is 0 Å². The molecule has 28 heavy (non-hydrogen) atoms. The second-order valence-electron chi connectivity index (χ2n) is 6.38. The lowest BCUT2D eigenvalue weighted by Crippen LogP contribution is -2.36. The van der Waals surface area contributed by atoms with Gasteiger partial charge in [0, 0.05) is 26.1 Å². The van der Waals surface area contributed by atoms with Crippen molar-refractivity contribution in [2.24, 2.45) is 0 Å². The Morgan fingerprint density at radius 1 is 1.04 bits per heavy atom. The monoisotopic (exact) mass is 383 g/mol. The first kappa shape index (κ1) is 19.7. The highest BCUT2D eigenvalue weighted by Crippen LogP contribution is 2.26. The van der Waals surface area contributed by atoms with Crippen molar-refractivity contribution in [3.05, 3.63) is 54.1 Å². The zero-order valence-corrected chi connectivity index (χ0v) is 15.9. The van der Waals surface area contributed by atoms with E-state index in [9.17, 15) is 9.59 Å². The molecule has 0 radical (unpaired) electrons. The number of carbonyl (C=O) groups is 2. The molecule has 0 aromatic heterocycles. The molecule has 0 spiro atoms. The highest BCUT2D eigenvalue weighted by Gasteiger charge is 2.15. The van der Waals surface area contributed by atoms with Gasteiger partial charge < -0.3 is 25.0 Å². The molecule has 0 unspecified atom stereocenters. The molecule has 7 nitrogen and oxygen atoms in total. The van der Waals surface area contributed by atoms with Gasteiger partial charge in [-0.05, 0) is 24.3 Å². The maximum atomic E-state index is 12.3. The summed E-state index contributed by atoms with van der Waals surface area (Å²) in [6.45, 7) is 3.62. The number of para-hydroxylation sites is 3. The fourth-order valence-corrected chi connectivity index (χ4v) is 3.11. The normalized spacial score (nSPS) is 13.7. The molecule has 1 aliphatic rings. The van der Waals surface area contributed by atoms with E-state index in [1.165, 1.54) is 7.11 Å². The summed E-state index contributed by atoms with van der Waals surface area (Å²) in [5, 5.41) is 6.12. The number of esters is 1. The molecule has 7 heteroatoms. The summed E-state index contributed by atoms with van der Waals surface area (Å²) < 4.78 is 10.2. The van der Waals surface area contributed by atoms with E-state index in [0.717, 1.165) is 37.7 Å². The van der Waals surface area contributed by atoms with Gasteiger partial charge in [0.15, 0.2) is 0 Å². The number of rotatable bonds is 7. The predicted molar refractivity (Wildman–Crippen MR) is 109 cm³/mol. The van der Waals surface area contributed by atoms with Crippen molar-refractivity contribution in [2.75, 3.05) is 55.5 Å². The fraction of sp³-hybridized carbons (Fsp3) is 0.333. The van der Waals surface area contributed by atoms with Gasteiger partial charge in [0.2, 0.25) is 5.91 Å². The number of methoxy groups -OCH3 is 1. The van der Waals surface area contributed by atoms with Crippen LogP contribution in [0, 0.1) is 0 Å². The first-order valence-corrected chi connectivity index (χ1v) is 9.32. The van der Waals surface area contributed by atoms with Crippen LogP contribution >= 0.6 is 0 Å². The van der Waals surface area contributed by atoms with Crippen molar-refractivity contribution in [3.8, 4) is 0 Å². The van der Waals surface area contributed by atoms with Crippen molar-refractivity contribution in [3.63, 3.8) is 0 Å². The third-order valence-electron chi connectivity index (χ3n) is 4.53. The number of carbonyl (C=O) groups excluding carboxylic acids is 2. The van der Waals surface area contributed by atoms with Gasteiger partial charge >= 0.3 is 5.97 Å². The number of morpholine rings is 1. The molecule has 1 amide bonds. The largest absolute Gasteiger partial charge is 0.465 e. The van der Waals surface area contributed by atoms with E-state index in [4.69, 9.17) is 9.47 Å². The van der Waals surface area contributed by atoms with Gasteiger partial charge in [0.25, 0.3) is 0 Å². The summed E-state index contributed by atoms with van der Waals surface area (Å²) in [6.07, 6.45) is 0.271. The minimum Gasteiger partial charge on any atom is -0.465 e. The molecule has 1 saturated heterocycles. The van der Waals surface area contributed by atoms with E-state index in [1.807, 2.05) is 18.2 Å². The average Bonchev–Trinajstić information content (AvgIpc) is 2.74. The first-order chi connectivity index (χ1) is 13.7. The molecule has 0 bridgehead atoms. The summed E-state index contributed by atoms with van der Waals surface area (Å²) in [6, 6.07) is 14.9. The van der Waals surface area contributed by atoms with Crippen LogP contribution in [0.15, 0.2) is 48.5 Å². The second-order valence-corrected chi connectivity index (χ2v) is 6.38. The van der Waals surface area contributed by atoms with E-state index in [0.29, 0.717) is 17.8 Å². The van der Waals surface area contributed by atoms with Crippen LogP contribution in [0.4, 0.5) is 17.1 Å². The van der Waals surface area contributed by atoms with Gasteiger partial charge in [-0.25, -0.2) is 4.79 Å². The molecule has 3 rings (SSSR count). The van der Waals surface area contributed by atoms with Crippen LogP contribution in [0.3, 0.4) is 0 Å². The Morgan fingerprint density at radius 2 is 1.71 bits per heavy atom. The van der Waals surface area contributed by atoms with Crippen molar-refractivity contribution in [1.82, 2.24) is 0 Å². The zero-order valence-electron chi connectivity index (χ0n) is 15.9. The van der Waals surface area contributed by atoms with Crippen LogP contribution in [-0.2, 0) is 14.3 Å². The summed E-state index contributed by atoms with van der Waals surface area (Å²) >= 11 is 0. The number of nitrogens with zero attached hydrogens (tertiary/aromatic N) is 1. The number of anilines is 3. The second kappa shape index (κ2) is 9.75. The highest BCUT2D eigenvalue weighted by molar-refractivity contribution is 6.01. The van der Waals surface area contributed by atoms with E-state index < -0.39 is 5.97 Å². The summed E-state index contributed by atoms with van der Waals surface area (Å²) in [5.41, 5.74) is 2.89. The number of amides is 1. The van der Waals surface area contributed by atoms with Crippen LogP contribution in [0.2, 0.25) is 0 Å². The molecule has 1 aliphatic heterocycles. The number of hydrogen-bond donors (Lipinski definition) is 2. The summed E-state index contributed by atoms with van der Waals surface area (Å²) in [7, 11) is 1.32. The highest BCUT2D eigenvalue weighted by atomic mass is 16.5. The van der Waals surface area contributed by atoms with Gasteiger partial charge in [0.05, 0.1) is 42.9 Å². The van der Waals surface area contributed by atoms with Gasteiger partial charge in [-0.3, -0.25) is 4.79 Å². The molecule has 2 aromatic rings. The number of ether oxygens (including phenoxy) is 2. The molecule has 0 saturated carbocycles. The molecule has 0 aliphatic carbocycles. The van der Waals surface area contributed by atoms with Gasteiger partial charge in [-0.1, -0.05) is 24.3 Å². The van der Waals surface area contributed by atoms with E-state index in [-0.39, 0.29) is 12.3 Å². The lowest BCUT2D eigenvalue weighted by Gasteiger charge is -2.30. The fourth-order valence-electron chi connectivity index (χ4n) is 3.11. The van der Waals surface area contributed by atoms with Crippen LogP contribution in [-0.4, -0.2) is 51.8 Å². The standard InChI is InChI=1S/C21H25N3O4/c1-27-21(26)16-6-2-3-7-17(16)23-20(25)10-11-22-18-8-4-5-9-19(18)24-12-14-28-15-13-24/h2-9,22H,10-15H2,1H3,(H,23,25). The quantitative estimate of drug-likeness (QED) is 0.716. The van der Waals surface area contributed by atoms with Crippen molar-refractivity contribution in [1.29, 1.82) is 0 Å². The topological polar surface area (TPSA) is 79.9 Å². The maximum Gasteiger partial charge on any atom is 0.339 e. The Bertz CT molecular complexity index is 819. The Morgan fingerprint density at radius 3 is 2.46 bits per heavy atom. The SMILES string of the molecule is COC(=O)c1ccccc1NC(=O)CCNc1ccccc1N1CCOCC1. The average molecular weight is 383 g/mol. The third-order valence-corrected chi connectivity index (χ3v) is 4.53. The van der Waals surface area contributed by atoms with E-state index in [1.54, 1.807) is 24.3 Å². The van der Waals surface area contributed by atoms with Crippen molar-refractivity contribution in [2.45, 2.75) is 6.42 Å². The van der Waals surface area contributed by atoms with Gasteiger partial charge in [0.1, 0.15) is 0 Å². The molecular weight excluding hydrogens is 358 g/mol. The molecule has 148 valence electrons. The van der Waals surface area contributed by atoms with E-state index >= 15 is 0 Å². The van der Waals surface area contributed by atoms with E-state index in [2.05, 4.69) is 21.6 Å². The predicted octanol–water partition coefficient (Wildman–Crippen LogP) is 2.75. The van der Waals surface area contributed by atoms with Crippen molar-refractivity contribution < 1.29 is 19.1 Å². The number of hydrogen-bond acceptors (Lipinski definition) is 6. The molecule has 2 aromatic carbocycles. The van der Waals surface area contributed by atoms with Gasteiger partial charge in [-0.2, -0.15) is 0 Å². The third kappa shape index (κ3) is 5.01. The minimum atomic E-state index is -0.478. The molecule has 1 heterocycles. The smallest absolute Gasteiger partial charge is 0.339 e. The Labute approximate surface area is 164 Å². The lowest BCUT2D eigenvalue weighted by molar-refractivity contribution is -0.115. The van der Waals surface area contributed by atoms with Crippen LogP contribution in [0.1, 0.15) is 16.8 Å². The molecule has 0 atom stereocenters. The zero-order chi connectivity index (χ0) is 19.8. The first-order valence-electron chi connectivity index (χ1n) is 9.32. The molecule has 2 N–H and O–H groups in total. The van der Waals surface area contributed by atoms with Crippen molar-refractivity contribution >= 4 is 28.9 Å². The number of benzene rings is 2. The Balaban J connectivity index is 1.56. The van der Waals surface area contributed by atoms with Crippen LogP contribution in [0.25, 0.3) is 0 Å². The van der Waals surface area contributed by atoms with Gasteiger partial charge in [-0.15, -0.1) is 0 Å². The lowest BCUT2D eigenvalue weighted by atomic mass is 10.1. The maximum absolute atomic E-state index is 12.3. The Kier molecular flexibility index (Phi) is 6.86.